The van der Waals surface area contributed by atoms with Crippen molar-refractivity contribution in [1.82, 2.24) is 10.2 Å². The van der Waals surface area contributed by atoms with E-state index in [4.69, 9.17) is 4.74 Å². The number of ether oxygens (including phenoxy) is 1. The summed E-state index contributed by atoms with van der Waals surface area (Å²) in [5, 5.41) is 13.0. The van der Waals surface area contributed by atoms with Crippen molar-refractivity contribution in [2.24, 2.45) is 0 Å². The van der Waals surface area contributed by atoms with Crippen LogP contribution in [0.4, 0.5) is 4.79 Å². The smallest absolute Gasteiger partial charge is 0.325 e. The number of hydrogen-bond acceptors (Lipinski definition) is 5. The molecular weight excluding hydrogens is 440 g/mol. The van der Waals surface area contributed by atoms with E-state index in [0.717, 1.165) is 4.90 Å². The number of aliphatic hydroxyl groups excluding tert-OH is 1. The zero-order valence-electron chi connectivity index (χ0n) is 16.0. The summed E-state index contributed by atoms with van der Waals surface area (Å²) in [4.78, 5) is 37.6. The Kier molecular flexibility index (Phi) is 6.04. The number of β-amino-alcohol motifs (C(OH)–C–C–N with tert-alkyl or cyclic N) is 1. The third kappa shape index (κ3) is 4.33. The highest BCUT2D eigenvalue weighted by Gasteiger charge is 2.50. The number of hydrogen-bond donors (Lipinski definition) is 2. The fraction of sp³-hybridized carbons (Fsp3) is 0.286. The molecule has 1 fully saturated rings. The Morgan fingerprint density at radius 3 is 2.48 bits per heavy atom. The molecule has 8 heteroatoms. The molecule has 0 aliphatic carbocycles. The molecule has 2 unspecified atom stereocenters. The molecule has 1 aliphatic rings. The van der Waals surface area contributed by atoms with Crippen LogP contribution < -0.4 is 10.1 Å². The molecule has 1 heterocycles. The molecule has 2 aromatic rings. The number of benzene rings is 2. The van der Waals surface area contributed by atoms with E-state index in [-0.39, 0.29) is 18.9 Å². The first-order valence-corrected chi connectivity index (χ1v) is 9.82. The van der Waals surface area contributed by atoms with Crippen molar-refractivity contribution >= 4 is 33.7 Å². The Bertz CT molecular complexity index is 946. The predicted molar refractivity (Wildman–Crippen MR) is 110 cm³/mol. The molecule has 2 atom stereocenters. The van der Waals surface area contributed by atoms with Gasteiger partial charge in [0.2, 0.25) is 0 Å². The van der Waals surface area contributed by atoms with Gasteiger partial charge in [0.15, 0.2) is 5.78 Å². The Morgan fingerprint density at radius 2 is 1.86 bits per heavy atom. The van der Waals surface area contributed by atoms with Crippen molar-refractivity contribution < 1.29 is 24.2 Å². The van der Waals surface area contributed by atoms with Crippen LogP contribution in [0.25, 0.3) is 0 Å². The number of amides is 3. The molecule has 0 aromatic heterocycles. The number of ketones is 1. The van der Waals surface area contributed by atoms with Crippen LogP contribution >= 0.6 is 15.9 Å². The number of urea groups is 1. The van der Waals surface area contributed by atoms with Gasteiger partial charge in [-0.25, -0.2) is 4.79 Å². The van der Waals surface area contributed by atoms with Gasteiger partial charge in [0.1, 0.15) is 24.0 Å². The number of rotatable bonds is 7. The van der Waals surface area contributed by atoms with E-state index in [1.54, 1.807) is 49.4 Å². The van der Waals surface area contributed by atoms with Crippen molar-refractivity contribution in [3.05, 3.63) is 64.1 Å². The molecule has 2 N–H and O–H groups in total. The lowest BCUT2D eigenvalue weighted by molar-refractivity contribution is -0.132. The average molecular weight is 461 g/mol. The van der Waals surface area contributed by atoms with E-state index in [9.17, 15) is 19.5 Å². The predicted octanol–water partition coefficient (Wildman–Crippen LogP) is 2.86. The summed E-state index contributed by atoms with van der Waals surface area (Å²) in [6.45, 7) is 2.80. The molecule has 0 spiro atoms. The van der Waals surface area contributed by atoms with E-state index in [1.807, 2.05) is 6.07 Å². The van der Waals surface area contributed by atoms with Gasteiger partial charge in [0.05, 0.1) is 6.54 Å². The third-order valence-electron chi connectivity index (χ3n) is 4.78. The molecule has 29 heavy (non-hydrogen) atoms. The molecule has 0 radical (unpaired) electrons. The SMILES string of the molecule is CC(=O)c1ccc(OCC(O)CN2C(=O)NC(C)(c3ccccc3Br)C2=O)cc1. The molecule has 2 aromatic carbocycles. The van der Waals surface area contributed by atoms with Crippen LogP contribution in [0.15, 0.2) is 53.0 Å². The summed E-state index contributed by atoms with van der Waals surface area (Å²) < 4.78 is 6.21. The minimum Gasteiger partial charge on any atom is -0.491 e. The van der Waals surface area contributed by atoms with Gasteiger partial charge < -0.3 is 15.2 Å². The van der Waals surface area contributed by atoms with Gasteiger partial charge >= 0.3 is 6.03 Å². The minimum absolute atomic E-state index is 0.0526. The highest BCUT2D eigenvalue weighted by atomic mass is 79.9. The van der Waals surface area contributed by atoms with E-state index in [0.29, 0.717) is 21.3 Å². The van der Waals surface area contributed by atoms with Gasteiger partial charge in [0.25, 0.3) is 5.91 Å². The van der Waals surface area contributed by atoms with Crippen molar-refractivity contribution in [3.63, 3.8) is 0 Å². The number of imide groups is 1. The van der Waals surface area contributed by atoms with Crippen LogP contribution in [0.5, 0.6) is 5.75 Å². The van der Waals surface area contributed by atoms with Gasteiger partial charge in [-0.3, -0.25) is 14.5 Å². The lowest BCUT2D eigenvalue weighted by Gasteiger charge is -2.24. The number of aliphatic hydroxyl groups is 1. The number of carbonyl (C=O) groups is 3. The Balaban J connectivity index is 1.64. The maximum absolute atomic E-state index is 12.9. The lowest BCUT2D eigenvalue weighted by Crippen LogP contribution is -2.43. The minimum atomic E-state index is -1.22. The molecule has 152 valence electrons. The summed E-state index contributed by atoms with van der Waals surface area (Å²) in [6.07, 6.45) is -1.07. The maximum atomic E-state index is 12.9. The van der Waals surface area contributed by atoms with Crippen molar-refractivity contribution in [3.8, 4) is 5.75 Å². The van der Waals surface area contributed by atoms with Crippen LogP contribution in [-0.2, 0) is 10.3 Å². The second-order valence-electron chi connectivity index (χ2n) is 7.00. The second-order valence-corrected chi connectivity index (χ2v) is 7.85. The third-order valence-corrected chi connectivity index (χ3v) is 5.48. The second kappa shape index (κ2) is 8.34. The number of carbonyl (C=O) groups excluding carboxylic acids is 3. The summed E-state index contributed by atoms with van der Waals surface area (Å²) >= 11 is 3.41. The van der Waals surface area contributed by atoms with Gasteiger partial charge in [-0.1, -0.05) is 34.1 Å². The maximum Gasteiger partial charge on any atom is 0.325 e. The van der Waals surface area contributed by atoms with Crippen LogP contribution in [0.1, 0.15) is 29.8 Å². The van der Waals surface area contributed by atoms with Crippen molar-refractivity contribution in [2.45, 2.75) is 25.5 Å². The van der Waals surface area contributed by atoms with Crippen molar-refractivity contribution in [1.29, 1.82) is 0 Å². The van der Waals surface area contributed by atoms with E-state index < -0.39 is 23.6 Å². The van der Waals surface area contributed by atoms with Gasteiger partial charge in [0, 0.05) is 15.6 Å². The first kappa shape index (κ1) is 21.0. The van der Waals surface area contributed by atoms with Gasteiger partial charge in [-0.15, -0.1) is 0 Å². The number of nitrogens with one attached hydrogen (secondary N) is 1. The molecule has 7 nitrogen and oxygen atoms in total. The van der Waals surface area contributed by atoms with Crippen molar-refractivity contribution in [2.75, 3.05) is 13.2 Å². The van der Waals surface area contributed by atoms with Crippen LogP contribution in [0, 0.1) is 0 Å². The molecular formula is C21H21BrN2O5. The highest BCUT2D eigenvalue weighted by Crippen LogP contribution is 2.33. The first-order chi connectivity index (χ1) is 13.7. The monoisotopic (exact) mass is 460 g/mol. The summed E-state index contributed by atoms with van der Waals surface area (Å²) in [5.74, 6) is -0.0215. The van der Waals surface area contributed by atoms with Gasteiger partial charge in [-0.2, -0.15) is 0 Å². The molecule has 0 saturated carbocycles. The molecule has 1 saturated heterocycles. The zero-order chi connectivity index (χ0) is 21.2. The fourth-order valence-electron chi connectivity index (χ4n) is 3.15. The zero-order valence-corrected chi connectivity index (χ0v) is 17.6. The number of nitrogens with zero attached hydrogens (tertiary/aromatic N) is 1. The largest absolute Gasteiger partial charge is 0.491 e. The summed E-state index contributed by atoms with van der Waals surface area (Å²) in [5.41, 5.74) is -0.0268. The van der Waals surface area contributed by atoms with Gasteiger partial charge in [-0.05, 0) is 44.2 Å². The first-order valence-electron chi connectivity index (χ1n) is 9.03. The van der Waals surface area contributed by atoms with Crippen LogP contribution in [0.2, 0.25) is 0 Å². The average Bonchev–Trinajstić information content (AvgIpc) is 2.90. The standard InChI is InChI=1S/C21H21BrN2O5/c1-13(25)14-7-9-16(10-8-14)29-12-15(26)11-24-19(27)21(2,23-20(24)28)17-5-3-4-6-18(17)22/h3-10,15,26H,11-12H2,1-2H3,(H,23,28). The van der Waals surface area contributed by atoms with Crippen LogP contribution in [-0.4, -0.2) is 47.0 Å². The summed E-state index contributed by atoms with van der Waals surface area (Å²) in [6, 6.07) is 13.1. The lowest BCUT2D eigenvalue weighted by atomic mass is 9.92. The quantitative estimate of drug-likeness (QED) is 0.489. The normalized spacial score (nSPS) is 19.8. The fourth-order valence-corrected chi connectivity index (χ4v) is 3.84. The number of halogens is 1. The molecule has 3 rings (SSSR count). The summed E-state index contributed by atoms with van der Waals surface area (Å²) in [7, 11) is 0. The Hall–Kier alpha value is -2.71. The van der Waals surface area contributed by atoms with Crippen LogP contribution in [0.3, 0.4) is 0 Å². The van der Waals surface area contributed by atoms with E-state index in [2.05, 4.69) is 21.2 Å². The highest BCUT2D eigenvalue weighted by molar-refractivity contribution is 9.10. The Labute approximate surface area is 176 Å². The number of Topliss-reactive ketones (excluding diaryl/α,β-unsaturated/α-hetero) is 1. The van der Waals surface area contributed by atoms with E-state index >= 15 is 0 Å². The topological polar surface area (TPSA) is 95.9 Å². The molecule has 3 amide bonds. The molecule has 0 bridgehead atoms. The van der Waals surface area contributed by atoms with E-state index in [1.165, 1.54) is 6.92 Å². The Morgan fingerprint density at radius 1 is 1.21 bits per heavy atom. The molecule has 1 aliphatic heterocycles.